The Labute approximate surface area is 137 Å². The first kappa shape index (κ1) is 17.2. The van der Waals surface area contributed by atoms with E-state index in [0.717, 1.165) is 12.1 Å². The lowest BCUT2D eigenvalue weighted by molar-refractivity contribution is -0.137. The molecule has 1 amide bonds. The zero-order valence-electron chi connectivity index (χ0n) is 13.0. The minimum Gasteiger partial charge on any atom is -0.353 e. The van der Waals surface area contributed by atoms with Crippen LogP contribution in [0.3, 0.4) is 0 Å². The number of hydrogen-bond acceptors (Lipinski definition) is 4. The van der Waals surface area contributed by atoms with Crippen LogP contribution in [-0.2, 0) is 20.4 Å². The monoisotopic (exact) mass is 344 g/mol. The molecule has 132 valence electrons. The van der Waals surface area contributed by atoms with E-state index in [2.05, 4.69) is 5.32 Å². The van der Waals surface area contributed by atoms with Gasteiger partial charge in [0.1, 0.15) is 6.04 Å². The molecule has 1 N–H and O–H groups in total. The highest BCUT2D eigenvalue weighted by Gasteiger charge is 2.34. The number of piperazine rings is 1. The van der Waals surface area contributed by atoms with E-state index in [-0.39, 0.29) is 12.2 Å². The van der Waals surface area contributed by atoms with Crippen LogP contribution in [0.25, 0.3) is 0 Å². The van der Waals surface area contributed by atoms with Gasteiger partial charge in [-0.25, -0.2) is 0 Å². The van der Waals surface area contributed by atoms with Crippen molar-refractivity contribution in [2.24, 2.45) is 0 Å². The first-order valence-corrected chi connectivity index (χ1v) is 7.87. The molecule has 2 heterocycles. The zero-order chi connectivity index (χ0) is 17.2. The molecule has 24 heavy (non-hydrogen) atoms. The van der Waals surface area contributed by atoms with Crippen LogP contribution in [0.1, 0.15) is 23.6 Å². The van der Waals surface area contributed by atoms with Gasteiger partial charge in [-0.3, -0.25) is 9.69 Å². The van der Waals surface area contributed by atoms with Crippen LogP contribution in [0.5, 0.6) is 0 Å². The summed E-state index contributed by atoms with van der Waals surface area (Å²) in [6.07, 6.45) is -4.04. The highest BCUT2D eigenvalue weighted by atomic mass is 19.4. The summed E-state index contributed by atoms with van der Waals surface area (Å²) in [6, 6.07) is 4.17. The average molecular weight is 344 g/mol. The molecule has 2 aliphatic rings. The number of nitrogens with zero attached hydrogens (tertiary/aromatic N) is 1. The van der Waals surface area contributed by atoms with E-state index >= 15 is 0 Å². The lowest BCUT2D eigenvalue weighted by Crippen LogP contribution is -2.50. The lowest BCUT2D eigenvalue weighted by atomic mass is 10.0. The van der Waals surface area contributed by atoms with Gasteiger partial charge in [-0.1, -0.05) is 12.1 Å². The number of halogens is 3. The van der Waals surface area contributed by atoms with Gasteiger partial charge >= 0.3 is 6.18 Å². The first-order chi connectivity index (χ1) is 11.4. The maximum Gasteiger partial charge on any atom is 0.416 e. The van der Waals surface area contributed by atoms with Gasteiger partial charge in [-0.15, -0.1) is 0 Å². The molecular formula is C16H19F3N2O3. The van der Waals surface area contributed by atoms with Crippen molar-refractivity contribution in [3.8, 4) is 0 Å². The summed E-state index contributed by atoms with van der Waals surface area (Å²) in [6.45, 7) is 2.84. The largest absolute Gasteiger partial charge is 0.416 e. The van der Waals surface area contributed by atoms with Crippen LogP contribution in [-0.4, -0.2) is 49.9 Å². The topological polar surface area (TPSA) is 50.8 Å². The van der Waals surface area contributed by atoms with Crippen molar-refractivity contribution in [1.29, 1.82) is 0 Å². The predicted octanol–water partition coefficient (Wildman–Crippen LogP) is 1.94. The third-order valence-electron chi connectivity index (χ3n) is 4.21. The number of amides is 1. The fraction of sp³-hybridized carbons (Fsp3) is 0.562. The molecule has 0 aliphatic carbocycles. The van der Waals surface area contributed by atoms with Crippen LogP contribution < -0.4 is 5.32 Å². The Hall–Kier alpha value is -1.64. The van der Waals surface area contributed by atoms with Crippen LogP contribution in [0.2, 0.25) is 0 Å². The standard InChI is InChI=1S/C16H19F3N2O3/c17-16(18,19)12-3-1-11(2-4-12)14-15(22)20-6-8-21(14)7-5-13-23-9-10-24-13/h1-4,13-14H,5-10H2,(H,20,22)/t14-/m0/s1. The van der Waals surface area contributed by atoms with Gasteiger partial charge in [0.2, 0.25) is 5.91 Å². The van der Waals surface area contributed by atoms with Crippen molar-refractivity contribution >= 4 is 5.91 Å². The lowest BCUT2D eigenvalue weighted by Gasteiger charge is -2.35. The summed E-state index contributed by atoms with van der Waals surface area (Å²) in [5, 5.41) is 2.77. The van der Waals surface area contributed by atoms with Gasteiger partial charge in [0.05, 0.1) is 18.8 Å². The Morgan fingerprint density at radius 1 is 1.17 bits per heavy atom. The van der Waals surface area contributed by atoms with E-state index in [0.29, 0.717) is 44.8 Å². The van der Waals surface area contributed by atoms with E-state index < -0.39 is 17.8 Å². The highest BCUT2D eigenvalue weighted by Crippen LogP contribution is 2.31. The second-order valence-electron chi connectivity index (χ2n) is 5.81. The van der Waals surface area contributed by atoms with Gasteiger partial charge in [0, 0.05) is 26.1 Å². The van der Waals surface area contributed by atoms with E-state index in [9.17, 15) is 18.0 Å². The van der Waals surface area contributed by atoms with Crippen molar-refractivity contribution in [2.45, 2.75) is 24.9 Å². The highest BCUT2D eigenvalue weighted by molar-refractivity contribution is 5.83. The Bertz CT molecular complexity index is 571. The van der Waals surface area contributed by atoms with Crippen LogP contribution in [0, 0.1) is 0 Å². The smallest absolute Gasteiger partial charge is 0.353 e. The molecule has 0 saturated carbocycles. The van der Waals surface area contributed by atoms with Crippen molar-refractivity contribution in [3.63, 3.8) is 0 Å². The molecule has 2 aliphatic heterocycles. The third kappa shape index (κ3) is 3.88. The minimum absolute atomic E-state index is 0.200. The second-order valence-corrected chi connectivity index (χ2v) is 5.81. The molecule has 2 saturated heterocycles. The molecule has 0 spiro atoms. The molecule has 5 nitrogen and oxygen atoms in total. The number of carbonyl (C=O) groups excluding carboxylic acids is 1. The normalized spacial score (nSPS) is 23.5. The molecule has 1 aromatic carbocycles. The van der Waals surface area contributed by atoms with Crippen molar-refractivity contribution in [1.82, 2.24) is 10.2 Å². The van der Waals surface area contributed by atoms with Gasteiger partial charge in [-0.05, 0) is 17.7 Å². The predicted molar refractivity (Wildman–Crippen MR) is 79.1 cm³/mol. The molecule has 0 aromatic heterocycles. The van der Waals surface area contributed by atoms with E-state index in [1.165, 1.54) is 12.1 Å². The zero-order valence-corrected chi connectivity index (χ0v) is 13.0. The SMILES string of the molecule is O=C1NCCN(CCC2OCCO2)[C@H]1c1ccc(C(F)(F)F)cc1. The van der Waals surface area contributed by atoms with Crippen molar-refractivity contribution in [2.75, 3.05) is 32.8 Å². The number of hydrogen-bond donors (Lipinski definition) is 1. The van der Waals surface area contributed by atoms with Crippen molar-refractivity contribution in [3.05, 3.63) is 35.4 Å². The number of rotatable bonds is 4. The average Bonchev–Trinajstić information content (AvgIpc) is 3.06. The second kappa shape index (κ2) is 7.08. The summed E-state index contributed by atoms with van der Waals surface area (Å²) < 4.78 is 48.9. The molecule has 8 heteroatoms. The Kier molecular flexibility index (Phi) is 5.07. The molecule has 0 bridgehead atoms. The van der Waals surface area contributed by atoms with Gasteiger partial charge in [0.15, 0.2) is 6.29 Å². The molecule has 1 aromatic rings. The quantitative estimate of drug-likeness (QED) is 0.907. The Morgan fingerprint density at radius 3 is 2.46 bits per heavy atom. The van der Waals surface area contributed by atoms with E-state index in [1.807, 2.05) is 4.90 Å². The molecule has 1 atom stereocenters. The number of carbonyl (C=O) groups is 1. The fourth-order valence-electron chi connectivity index (χ4n) is 3.02. The van der Waals surface area contributed by atoms with Gasteiger partial charge in [-0.2, -0.15) is 13.2 Å². The van der Waals surface area contributed by atoms with E-state index in [4.69, 9.17) is 9.47 Å². The first-order valence-electron chi connectivity index (χ1n) is 7.87. The Morgan fingerprint density at radius 2 is 1.83 bits per heavy atom. The fourth-order valence-corrected chi connectivity index (χ4v) is 3.02. The summed E-state index contributed by atoms with van der Waals surface area (Å²) in [4.78, 5) is 14.2. The maximum absolute atomic E-state index is 12.7. The van der Waals surface area contributed by atoms with E-state index in [1.54, 1.807) is 0 Å². The number of nitrogens with one attached hydrogen (secondary N) is 1. The van der Waals surface area contributed by atoms with Crippen LogP contribution in [0.15, 0.2) is 24.3 Å². The summed E-state index contributed by atoms with van der Waals surface area (Å²) in [5.74, 6) is -0.200. The number of benzene rings is 1. The minimum atomic E-state index is -4.38. The summed E-state index contributed by atoms with van der Waals surface area (Å²) in [5.41, 5.74) is -0.171. The maximum atomic E-state index is 12.7. The van der Waals surface area contributed by atoms with Gasteiger partial charge in [0.25, 0.3) is 0 Å². The molecule has 0 unspecified atom stereocenters. The number of ether oxygens (including phenoxy) is 2. The summed E-state index contributed by atoms with van der Waals surface area (Å²) >= 11 is 0. The van der Waals surface area contributed by atoms with Gasteiger partial charge < -0.3 is 14.8 Å². The molecule has 3 rings (SSSR count). The van der Waals surface area contributed by atoms with Crippen molar-refractivity contribution < 1.29 is 27.4 Å². The number of alkyl halides is 3. The molecule has 0 radical (unpaired) electrons. The Balaban J connectivity index is 1.72. The molecule has 2 fully saturated rings. The summed E-state index contributed by atoms with van der Waals surface area (Å²) in [7, 11) is 0. The van der Waals surface area contributed by atoms with Crippen LogP contribution in [0.4, 0.5) is 13.2 Å². The third-order valence-corrected chi connectivity index (χ3v) is 4.21. The van der Waals surface area contributed by atoms with Crippen LogP contribution >= 0.6 is 0 Å². The molecular weight excluding hydrogens is 325 g/mol.